The van der Waals surface area contributed by atoms with Crippen LogP contribution in [0.15, 0.2) is 41.3 Å². The highest BCUT2D eigenvalue weighted by molar-refractivity contribution is 7.84. The quantitative estimate of drug-likeness (QED) is 0.681. The van der Waals surface area contributed by atoms with E-state index < -0.39 is 10.8 Å². The Balaban J connectivity index is 1.58. The fourth-order valence-corrected chi connectivity index (χ4v) is 4.79. The Bertz CT molecular complexity index is 996. The Labute approximate surface area is 185 Å². The molecule has 0 radical (unpaired) electrons. The molecule has 1 fully saturated rings. The van der Waals surface area contributed by atoms with Gasteiger partial charge < -0.3 is 24.0 Å². The van der Waals surface area contributed by atoms with Gasteiger partial charge in [-0.3, -0.25) is 9.00 Å². The number of nitrogens with zero attached hydrogens (tertiary/aromatic N) is 2. The Kier molecular flexibility index (Phi) is 6.36. The molecular formula is C23H28N2O5S. The van der Waals surface area contributed by atoms with E-state index in [0.29, 0.717) is 36.8 Å². The lowest BCUT2D eigenvalue weighted by molar-refractivity contribution is -0.130. The summed E-state index contributed by atoms with van der Waals surface area (Å²) in [6.07, 6.45) is 2.98. The van der Waals surface area contributed by atoms with Gasteiger partial charge in [-0.25, -0.2) is 0 Å². The van der Waals surface area contributed by atoms with Crippen LogP contribution in [0.3, 0.4) is 0 Å². The molecule has 0 aliphatic carbocycles. The maximum absolute atomic E-state index is 12.2. The van der Waals surface area contributed by atoms with Gasteiger partial charge in [-0.15, -0.1) is 0 Å². The lowest BCUT2D eigenvalue weighted by Crippen LogP contribution is -2.30. The summed E-state index contributed by atoms with van der Waals surface area (Å²) in [5.41, 5.74) is 1.83. The minimum atomic E-state index is -1.17. The minimum Gasteiger partial charge on any atom is -0.495 e. The summed E-state index contributed by atoms with van der Waals surface area (Å²) in [6.45, 7) is 4.46. The van der Waals surface area contributed by atoms with Crippen molar-refractivity contribution in [3.05, 3.63) is 36.4 Å². The topological polar surface area (TPSA) is 68.3 Å². The number of anilines is 2. The molecule has 0 bridgehead atoms. The van der Waals surface area contributed by atoms with Crippen molar-refractivity contribution in [3.63, 3.8) is 0 Å². The predicted octanol–water partition coefficient (Wildman–Crippen LogP) is 3.35. The molecule has 4 rings (SSSR count). The van der Waals surface area contributed by atoms with Crippen LogP contribution in [0.1, 0.15) is 19.8 Å². The SMILES string of the molecule is CCC(=O)N1CC[C@H](Oc2ccc3c(c2)N(c2ccc(OC)c(S(C)=O)c2)CCO3)C1. The minimum absolute atomic E-state index is 0.0124. The van der Waals surface area contributed by atoms with Crippen LogP contribution in [-0.4, -0.2) is 60.7 Å². The van der Waals surface area contributed by atoms with Gasteiger partial charge in [0.05, 0.1) is 41.6 Å². The van der Waals surface area contributed by atoms with Crippen LogP contribution in [0.2, 0.25) is 0 Å². The first-order valence-corrected chi connectivity index (χ1v) is 12.1. The molecule has 2 aromatic carbocycles. The lowest BCUT2D eigenvalue weighted by Gasteiger charge is -2.32. The number of amides is 1. The smallest absolute Gasteiger partial charge is 0.222 e. The summed E-state index contributed by atoms with van der Waals surface area (Å²) in [7, 11) is 0.412. The van der Waals surface area contributed by atoms with E-state index in [4.69, 9.17) is 14.2 Å². The first-order chi connectivity index (χ1) is 15.0. The lowest BCUT2D eigenvalue weighted by atomic mass is 10.2. The van der Waals surface area contributed by atoms with Gasteiger partial charge in [0, 0.05) is 37.4 Å². The zero-order chi connectivity index (χ0) is 22.0. The Hall–Kier alpha value is -2.74. The molecule has 1 unspecified atom stereocenters. The van der Waals surface area contributed by atoms with Crippen molar-refractivity contribution in [1.29, 1.82) is 0 Å². The maximum atomic E-state index is 12.2. The highest BCUT2D eigenvalue weighted by atomic mass is 32.2. The van der Waals surface area contributed by atoms with Gasteiger partial charge in [0.25, 0.3) is 0 Å². The molecule has 7 nitrogen and oxygen atoms in total. The van der Waals surface area contributed by atoms with Crippen LogP contribution >= 0.6 is 0 Å². The van der Waals surface area contributed by atoms with Gasteiger partial charge in [0.15, 0.2) is 0 Å². The molecule has 8 heteroatoms. The van der Waals surface area contributed by atoms with E-state index in [1.807, 2.05) is 48.2 Å². The van der Waals surface area contributed by atoms with E-state index in [0.717, 1.165) is 35.8 Å². The van der Waals surface area contributed by atoms with E-state index in [2.05, 4.69) is 4.90 Å². The summed E-state index contributed by atoms with van der Waals surface area (Å²) in [5.74, 6) is 2.31. The van der Waals surface area contributed by atoms with Crippen molar-refractivity contribution in [2.75, 3.05) is 44.5 Å². The number of fused-ring (bicyclic) bond motifs is 1. The average molecular weight is 445 g/mol. The van der Waals surface area contributed by atoms with E-state index in [9.17, 15) is 9.00 Å². The molecule has 2 atom stereocenters. The van der Waals surface area contributed by atoms with Crippen molar-refractivity contribution < 1.29 is 23.2 Å². The zero-order valence-electron chi connectivity index (χ0n) is 18.1. The van der Waals surface area contributed by atoms with Crippen molar-refractivity contribution in [1.82, 2.24) is 4.90 Å². The van der Waals surface area contributed by atoms with Gasteiger partial charge in [-0.05, 0) is 30.3 Å². The normalized spacial score (nSPS) is 18.9. The molecule has 31 heavy (non-hydrogen) atoms. The Morgan fingerprint density at radius 2 is 2.06 bits per heavy atom. The second kappa shape index (κ2) is 9.18. The van der Waals surface area contributed by atoms with Crippen LogP contribution in [0.5, 0.6) is 17.2 Å². The average Bonchev–Trinajstić information content (AvgIpc) is 3.26. The summed E-state index contributed by atoms with van der Waals surface area (Å²) in [4.78, 5) is 16.6. The number of methoxy groups -OCH3 is 1. The van der Waals surface area contributed by atoms with Gasteiger partial charge in [0.1, 0.15) is 30.0 Å². The van der Waals surface area contributed by atoms with Crippen LogP contribution < -0.4 is 19.1 Å². The molecular weight excluding hydrogens is 416 g/mol. The molecule has 2 heterocycles. The molecule has 166 valence electrons. The fourth-order valence-electron chi connectivity index (χ4n) is 4.06. The summed E-state index contributed by atoms with van der Waals surface area (Å²) in [6, 6.07) is 11.5. The van der Waals surface area contributed by atoms with E-state index >= 15 is 0 Å². The fraction of sp³-hybridized carbons (Fsp3) is 0.435. The highest BCUT2D eigenvalue weighted by Gasteiger charge is 2.28. The number of benzene rings is 2. The second-order valence-corrected chi connectivity index (χ2v) is 8.99. The molecule has 2 aromatic rings. The van der Waals surface area contributed by atoms with Crippen molar-refractivity contribution in [2.45, 2.75) is 30.8 Å². The summed E-state index contributed by atoms with van der Waals surface area (Å²) < 4.78 is 29.6. The number of carbonyl (C=O) groups excluding carboxylic acids is 1. The molecule has 1 amide bonds. The van der Waals surface area contributed by atoms with Crippen LogP contribution in [0.25, 0.3) is 0 Å². The first-order valence-electron chi connectivity index (χ1n) is 10.5. The monoisotopic (exact) mass is 444 g/mol. The summed E-state index contributed by atoms with van der Waals surface area (Å²) >= 11 is 0. The van der Waals surface area contributed by atoms with Gasteiger partial charge in [-0.1, -0.05) is 6.92 Å². The molecule has 2 aliphatic heterocycles. The first kappa shape index (κ1) is 21.5. The number of rotatable bonds is 6. The largest absolute Gasteiger partial charge is 0.495 e. The number of hydrogen-bond donors (Lipinski definition) is 0. The number of carbonyl (C=O) groups is 1. The molecule has 0 saturated carbocycles. The second-order valence-electron chi connectivity index (χ2n) is 7.64. The number of ether oxygens (including phenoxy) is 3. The summed E-state index contributed by atoms with van der Waals surface area (Å²) in [5, 5.41) is 0. The van der Waals surface area contributed by atoms with Gasteiger partial charge in [-0.2, -0.15) is 0 Å². The number of likely N-dealkylation sites (tertiary alicyclic amines) is 1. The molecule has 0 N–H and O–H groups in total. The zero-order valence-corrected chi connectivity index (χ0v) is 18.9. The van der Waals surface area contributed by atoms with Crippen LogP contribution in [-0.2, 0) is 15.6 Å². The number of hydrogen-bond acceptors (Lipinski definition) is 6. The van der Waals surface area contributed by atoms with Crippen LogP contribution in [0, 0.1) is 0 Å². The van der Waals surface area contributed by atoms with Crippen molar-refractivity contribution in [3.8, 4) is 17.2 Å². The van der Waals surface area contributed by atoms with E-state index in [1.165, 1.54) is 0 Å². The molecule has 0 spiro atoms. The van der Waals surface area contributed by atoms with Crippen molar-refractivity contribution in [2.24, 2.45) is 0 Å². The third kappa shape index (κ3) is 4.49. The molecule has 0 aromatic heterocycles. The standard InChI is InChI=1S/C23H28N2O5S/c1-4-23(26)24-10-9-18(15-24)30-17-6-8-20-19(14-17)25(11-12-29-20)16-5-7-21(28-2)22(13-16)31(3)27/h5-8,13-14,18H,4,9-12,15H2,1-3H3/t18-,31?/m0/s1. The highest BCUT2D eigenvalue weighted by Crippen LogP contribution is 2.41. The van der Waals surface area contributed by atoms with Crippen molar-refractivity contribution >= 4 is 28.1 Å². The molecule has 1 saturated heterocycles. The van der Waals surface area contributed by atoms with Gasteiger partial charge in [0.2, 0.25) is 5.91 Å². The Morgan fingerprint density at radius 3 is 2.81 bits per heavy atom. The van der Waals surface area contributed by atoms with Crippen LogP contribution in [0.4, 0.5) is 11.4 Å². The maximum Gasteiger partial charge on any atom is 0.222 e. The Morgan fingerprint density at radius 1 is 1.23 bits per heavy atom. The van der Waals surface area contributed by atoms with E-state index in [1.54, 1.807) is 13.4 Å². The van der Waals surface area contributed by atoms with E-state index in [-0.39, 0.29) is 12.0 Å². The molecule has 2 aliphatic rings. The van der Waals surface area contributed by atoms with Gasteiger partial charge >= 0.3 is 0 Å². The predicted molar refractivity (Wildman–Crippen MR) is 120 cm³/mol. The third-order valence-corrected chi connectivity index (χ3v) is 6.60. The third-order valence-electron chi connectivity index (χ3n) is 5.67.